The lowest BCUT2D eigenvalue weighted by atomic mass is 9.92. The second-order valence-electron chi connectivity index (χ2n) is 19.9. The number of ether oxygens (including phenoxy) is 7. The minimum Gasteiger partial charge on any atom is -0.490 e. The van der Waals surface area contributed by atoms with Gasteiger partial charge in [-0.15, -0.1) is 0 Å². The zero-order valence-electron chi connectivity index (χ0n) is 43.0. The predicted molar refractivity (Wildman–Crippen MR) is 273 cm³/mol. The van der Waals surface area contributed by atoms with E-state index >= 15 is 4.39 Å². The van der Waals surface area contributed by atoms with Crippen LogP contribution in [0.15, 0.2) is 42.5 Å². The number of piperidine rings is 2. The van der Waals surface area contributed by atoms with Gasteiger partial charge in [0.15, 0.2) is 6.73 Å². The van der Waals surface area contributed by atoms with Crippen molar-refractivity contribution in [1.29, 1.82) is 5.26 Å². The molecule has 5 aliphatic heterocycles. The number of piperazine rings is 1. The molecule has 9 rings (SSSR count). The number of nitriles is 1. The molecule has 6 heterocycles. The number of benzene rings is 2. The lowest BCUT2D eigenvalue weighted by Gasteiger charge is -2.40. The summed E-state index contributed by atoms with van der Waals surface area (Å²) in [6.45, 7) is 7.69. The van der Waals surface area contributed by atoms with Crippen LogP contribution in [-0.2, 0) is 51.1 Å². The number of imide groups is 1. The Hall–Kier alpha value is -6.15. The van der Waals surface area contributed by atoms with E-state index in [2.05, 4.69) is 15.9 Å². The van der Waals surface area contributed by atoms with Gasteiger partial charge in [0.1, 0.15) is 36.1 Å². The highest BCUT2D eigenvalue weighted by atomic mass is 35.5. The molecule has 4 amide bonds. The Bertz CT molecular complexity index is 2620. The molecular weight excluding hydrogens is 1010 g/mol. The number of carbonyl (C=O) groups excluding carboxylic acids is 5. The molecule has 0 radical (unpaired) electrons. The van der Waals surface area contributed by atoms with Gasteiger partial charge in [0.05, 0.1) is 86.4 Å². The van der Waals surface area contributed by atoms with Crippen LogP contribution < -0.4 is 14.5 Å². The number of aromatic nitrogens is 1. The summed E-state index contributed by atoms with van der Waals surface area (Å²) in [6, 6.07) is 13.2. The summed E-state index contributed by atoms with van der Waals surface area (Å²) in [5, 5.41) is 9.55. The van der Waals surface area contributed by atoms with Crippen molar-refractivity contribution in [2.75, 3.05) is 122 Å². The van der Waals surface area contributed by atoms with Gasteiger partial charge in [0.25, 0.3) is 17.7 Å². The molecule has 3 aromatic rings. The number of nitrogens with zero attached hydrogens (tertiary/aromatic N) is 8. The number of pyridine rings is 1. The van der Waals surface area contributed by atoms with Crippen molar-refractivity contribution in [1.82, 2.24) is 24.6 Å². The van der Waals surface area contributed by atoms with Crippen LogP contribution in [0.1, 0.15) is 88.9 Å². The van der Waals surface area contributed by atoms with E-state index in [0.717, 1.165) is 87.7 Å². The quantitative estimate of drug-likeness (QED) is 0.0701. The van der Waals surface area contributed by atoms with E-state index in [0.29, 0.717) is 91.7 Å². The van der Waals surface area contributed by atoms with Crippen LogP contribution in [0.5, 0.6) is 5.75 Å². The fraction of sp³-hybridized carbons (Fsp3) is 0.574. The van der Waals surface area contributed by atoms with Crippen molar-refractivity contribution >= 4 is 52.9 Å². The first-order valence-electron chi connectivity index (χ1n) is 26.4. The second-order valence-corrected chi connectivity index (χ2v) is 20.3. The first kappa shape index (κ1) is 54.6. The van der Waals surface area contributed by atoms with Gasteiger partial charge in [0.2, 0.25) is 5.91 Å². The van der Waals surface area contributed by atoms with Crippen molar-refractivity contribution in [2.24, 2.45) is 5.92 Å². The Morgan fingerprint density at radius 1 is 0.750 bits per heavy atom. The first-order valence-corrected chi connectivity index (χ1v) is 26.7. The third-order valence-electron chi connectivity index (χ3n) is 15.2. The fourth-order valence-electron chi connectivity index (χ4n) is 11.0. The molecule has 1 aliphatic carbocycles. The molecule has 0 spiro atoms. The van der Waals surface area contributed by atoms with Gasteiger partial charge in [-0.2, -0.15) is 5.26 Å². The second kappa shape index (κ2) is 25.8. The van der Waals surface area contributed by atoms with Gasteiger partial charge in [-0.3, -0.25) is 24.1 Å². The Balaban J connectivity index is 0.677. The number of fused-ring (bicyclic) bond motifs is 2. The maximum absolute atomic E-state index is 15.9. The molecule has 408 valence electrons. The van der Waals surface area contributed by atoms with Crippen molar-refractivity contribution in [3.8, 4) is 11.8 Å². The van der Waals surface area contributed by atoms with E-state index in [4.69, 9.17) is 49.7 Å². The summed E-state index contributed by atoms with van der Waals surface area (Å²) in [5.74, 6) is -0.152. The Kier molecular flexibility index (Phi) is 18.5. The third-order valence-corrected chi connectivity index (χ3v) is 15.5. The minimum atomic E-state index is -1.09. The molecule has 6 aliphatic rings. The maximum Gasteiger partial charge on any atom is 0.510 e. The highest BCUT2D eigenvalue weighted by Crippen LogP contribution is 2.36. The largest absolute Gasteiger partial charge is 0.510 e. The van der Waals surface area contributed by atoms with Crippen LogP contribution in [0.4, 0.5) is 20.7 Å². The zero-order valence-corrected chi connectivity index (χ0v) is 43.7. The number of amides is 4. The van der Waals surface area contributed by atoms with Crippen LogP contribution in [0, 0.1) is 23.1 Å². The summed E-state index contributed by atoms with van der Waals surface area (Å²) >= 11 is 6.21. The summed E-state index contributed by atoms with van der Waals surface area (Å²) in [7, 11) is 1.60. The van der Waals surface area contributed by atoms with Gasteiger partial charge in [-0.1, -0.05) is 11.6 Å². The van der Waals surface area contributed by atoms with E-state index in [1.54, 1.807) is 31.4 Å². The molecule has 76 heavy (non-hydrogen) atoms. The number of rotatable bonds is 22. The van der Waals surface area contributed by atoms with E-state index in [-0.39, 0.29) is 62.8 Å². The Labute approximate surface area is 446 Å². The molecule has 1 aromatic heterocycles. The summed E-state index contributed by atoms with van der Waals surface area (Å²) in [5.41, 5.74) is 3.12. The molecule has 1 unspecified atom stereocenters. The smallest absolute Gasteiger partial charge is 0.490 e. The number of halogens is 2. The number of methoxy groups -OCH3 is 1. The lowest BCUT2D eigenvalue weighted by molar-refractivity contribution is -0.157. The first-order chi connectivity index (χ1) is 37.0. The zero-order chi connectivity index (χ0) is 53.1. The number of hydrogen-bond donors (Lipinski definition) is 0. The standard InChI is InChI=1S/C54H66ClFN8O12/c1-70-20-21-71-22-23-72-24-25-73-26-27-74-54(69)75-35-64-50(65)11-9-47(53(64)68)63-33-38-28-48(45(56)30-43(38)52(63)67)60-18-16-59(17-19-60)32-36-12-14-61(15-13-36)49-10-8-42-46(58-49)34-62(51(42)66)39-3-6-40(7-4-39)76-41-5-2-37(31-57)44(55)29-41/h2,5,8,10,28-30,36,39-40,47H,3-4,6-7,9,11-27,32-35H2,1H3. The summed E-state index contributed by atoms with van der Waals surface area (Å²) in [4.78, 5) is 81.9. The van der Waals surface area contributed by atoms with Gasteiger partial charge >= 0.3 is 6.16 Å². The molecular formula is C54H66ClFN8O12. The number of hydrogen-bond acceptors (Lipinski definition) is 17. The normalized spacial score (nSPS) is 21.3. The molecule has 3 saturated heterocycles. The van der Waals surface area contributed by atoms with Crippen LogP contribution in [0.2, 0.25) is 5.02 Å². The number of likely N-dealkylation sites (tertiary alicyclic amines) is 1. The van der Waals surface area contributed by atoms with Gasteiger partial charge in [-0.25, -0.2) is 19.1 Å². The molecule has 20 nitrogen and oxygen atoms in total. The summed E-state index contributed by atoms with van der Waals surface area (Å²) < 4.78 is 53.1. The molecule has 1 saturated carbocycles. The Morgan fingerprint density at radius 2 is 1.45 bits per heavy atom. The molecule has 4 fully saturated rings. The van der Waals surface area contributed by atoms with Crippen molar-refractivity contribution in [3.05, 3.63) is 81.3 Å². The van der Waals surface area contributed by atoms with Crippen molar-refractivity contribution in [3.63, 3.8) is 0 Å². The van der Waals surface area contributed by atoms with Crippen LogP contribution >= 0.6 is 11.6 Å². The van der Waals surface area contributed by atoms with Crippen LogP contribution in [-0.4, -0.2) is 185 Å². The molecule has 1 atom stereocenters. The number of carbonyl (C=O) groups is 5. The maximum atomic E-state index is 15.9. The molecule has 2 aromatic carbocycles. The fourth-order valence-corrected chi connectivity index (χ4v) is 11.2. The number of anilines is 2. The van der Waals surface area contributed by atoms with E-state index in [1.165, 1.54) is 11.0 Å². The van der Waals surface area contributed by atoms with E-state index in [9.17, 15) is 29.2 Å². The molecule has 0 N–H and O–H groups in total. The lowest BCUT2D eigenvalue weighted by Crippen LogP contribution is -2.55. The minimum absolute atomic E-state index is 0.0176. The van der Waals surface area contributed by atoms with E-state index in [1.807, 2.05) is 21.9 Å². The average Bonchev–Trinajstić information content (AvgIpc) is 3.93. The van der Waals surface area contributed by atoms with Gasteiger partial charge in [0, 0.05) is 83.6 Å². The summed E-state index contributed by atoms with van der Waals surface area (Å²) in [6.07, 6.45) is 4.26. The highest BCUT2D eigenvalue weighted by molar-refractivity contribution is 6.31. The predicted octanol–water partition coefficient (Wildman–Crippen LogP) is 5.41. The highest BCUT2D eigenvalue weighted by Gasteiger charge is 2.44. The SMILES string of the molecule is COCCOCCOCCOCCOC(=O)OCN1C(=O)CCC(N2Cc3cc(N4CCN(CC5CCN(c6ccc7c(n6)CN(C6CCC(Oc8ccc(C#N)c(Cl)c8)CC6)C7=O)CC5)CC4)c(F)cc3C2=O)C1=O. The van der Waals surface area contributed by atoms with Crippen LogP contribution in [0.3, 0.4) is 0 Å². The van der Waals surface area contributed by atoms with Crippen molar-refractivity contribution in [2.45, 2.75) is 82.6 Å². The average molecular weight is 1070 g/mol. The monoisotopic (exact) mass is 1070 g/mol. The van der Waals surface area contributed by atoms with Crippen molar-refractivity contribution < 1.29 is 61.5 Å². The van der Waals surface area contributed by atoms with E-state index < -0.39 is 42.5 Å². The van der Waals surface area contributed by atoms with Crippen LogP contribution in [0.25, 0.3) is 0 Å². The van der Waals surface area contributed by atoms with Gasteiger partial charge in [-0.05, 0) is 92.8 Å². The van der Waals surface area contributed by atoms with Gasteiger partial charge < -0.3 is 52.8 Å². The molecule has 0 bridgehead atoms. The third kappa shape index (κ3) is 13.1. The Morgan fingerprint density at radius 3 is 2.14 bits per heavy atom. The topological polar surface area (TPSA) is 206 Å². The molecule has 22 heteroatoms.